The van der Waals surface area contributed by atoms with Gasteiger partial charge in [-0.1, -0.05) is 75.2 Å². The molecule has 2 amide bonds. The van der Waals surface area contributed by atoms with Crippen LogP contribution >= 0.6 is 23.2 Å². The second-order valence-corrected chi connectivity index (χ2v) is 8.19. The fourth-order valence-corrected chi connectivity index (χ4v) is 2.90. The van der Waals surface area contributed by atoms with Crippen molar-refractivity contribution in [1.29, 1.82) is 0 Å². The zero-order valence-corrected chi connectivity index (χ0v) is 18.4. The molecule has 2 N–H and O–H groups in total. The molecule has 0 saturated heterocycles. The molecule has 154 valence electrons. The van der Waals surface area contributed by atoms with Gasteiger partial charge in [0.15, 0.2) is 0 Å². The van der Waals surface area contributed by atoms with Gasteiger partial charge in [-0.2, -0.15) is 5.10 Å². The van der Waals surface area contributed by atoms with Crippen molar-refractivity contribution in [3.05, 3.63) is 69.2 Å². The Morgan fingerprint density at radius 3 is 2.17 bits per heavy atom. The molecule has 29 heavy (non-hydrogen) atoms. The molecule has 0 spiro atoms. The van der Waals surface area contributed by atoms with Gasteiger partial charge >= 0.3 is 0 Å². The normalized spacial score (nSPS) is 12.4. The number of carbonyl (C=O) groups is 2. The highest BCUT2D eigenvalue weighted by Gasteiger charge is 2.24. The van der Waals surface area contributed by atoms with Gasteiger partial charge < -0.3 is 5.32 Å². The minimum absolute atomic E-state index is 0.137. The maximum atomic E-state index is 12.5. The van der Waals surface area contributed by atoms with E-state index < -0.39 is 17.9 Å². The summed E-state index contributed by atoms with van der Waals surface area (Å²) in [5.41, 5.74) is 4.92. The predicted octanol–water partition coefficient (Wildman–Crippen LogP) is 5.02. The maximum Gasteiger partial charge on any atom is 0.262 e. The molecule has 0 fully saturated rings. The number of amides is 2. The number of hydrogen-bond acceptors (Lipinski definition) is 3. The lowest BCUT2D eigenvalue weighted by Crippen LogP contribution is -2.48. The van der Waals surface area contributed by atoms with Crippen molar-refractivity contribution >= 4 is 41.2 Å². The van der Waals surface area contributed by atoms with Gasteiger partial charge in [-0.15, -0.1) is 0 Å². The molecular formula is C22H25Cl2N3O2. The smallest absolute Gasteiger partial charge is 0.262 e. The standard InChI is InChI=1S/C22H25Cl2N3O2/c1-13(2)16-7-5-15(6-8-16)12-25-27-22(29)20(14(3)4)26-21(28)17-9-10-18(23)19(24)11-17/h5-14,20H,1-4H3,(H,26,28)(H,27,29)/b25-12+. The summed E-state index contributed by atoms with van der Waals surface area (Å²) in [6.07, 6.45) is 1.57. The van der Waals surface area contributed by atoms with E-state index in [2.05, 4.69) is 29.7 Å². The molecule has 0 aliphatic heterocycles. The third-order valence-corrected chi connectivity index (χ3v) is 5.15. The Morgan fingerprint density at radius 1 is 0.966 bits per heavy atom. The van der Waals surface area contributed by atoms with Gasteiger partial charge in [0.05, 0.1) is 16.3 Å². The molecule has 0 heterocycles. The van der Waals surface area contributed by atoms with Crippen molar-refractivity contribution in [2.24, 2.45) is 11.0 Å². The lowest BCUT2D eigenvalue weighted by Gasteiger charge is -2.20. The van der Waals surface area contributed by atoms with E-state index in [0.29, 0.717) is 16.5 Å². The summed E-state index contributed by atoms with van der Waals surface area (Å²) in [4.78, 5) is 25.0. The van der Waals surface area contributed by atoms with Crippen molar-refractivity contribution < 1.29 is 9.59 Å². The number of rotatable bonds is 7. The molecule has 0 bridgehead atoms. The fourth-order valence-electron chi connectivity index (χ4n) is 2.60. The first-order valence-electron chi connectivity index (χ1n) is 9.37. The Bertz CT molecular complexity index is 893. The highest BCUT2D eigenvalue weighted by atomic mass is 35.5. The van der Waals surface area contributed by atoms with E-state index in [1.165, 1.54) is 17.7 Å². The predicted molar refractivity (Wildman–Crippen MR) is 119 cm³/mol. The van der Waals surface area contributed by atoms with E-state index in [4.69, 9.17) is 23.2 Å². The summed E-state index contributed by atoms with van der Waals surface area (Å²) in [6.45, 7) is 7.94. The van der Waals surface area contributed by atoms with E-state index >= 15 is 0 Å². The lowest BCUT2D eigenvalue weighted by atomic mass is 10.0. The summed E-state index contributed by atoms with van der Waals surface area (Å²) in [5, 5.41) is 7.37. The molecule has 2 aromatic rings. The Kier molecular flexibility index (Phi) is 8.23. The van der Waals surface area contributed by atoms with Crippen LogP contribution in [0.25, 0.3) is 0 Å². The average molecular weight is 434 g/mol. The lowest BCUT2D eigenvalue weighted by molar-refractivity contribution is -0.123. The zero-order chi connectivity index (χ0) is 21.6. The van der Waals surface area contributed by atoms with Crippen molar-refractivity contribution in [2.45, 2.75) is 39.7 Å². The zero-order valence-electron chi connectivity index (χ0n) is 16.9. The van der Waals surface area contributed by atoms with Crippen LogP contribution in [-0.2, 0) is 4.79 Å². The molecule has 0 radical (unpaired) electrons. The number of hydrogen-bond donors (Lipinski definition) is 2. The molecule has 0 aliphatic rings. The Hall–Kier alpha value is -2.37. The van der Waals surface area contributed by atoms with Crippen molar-refractivity contribution in [1.82, 2.24) is 10.7 Å². The van der Waals surface area contributed by atoms with Gasteiger partial charge in [0.2, 0.25) is 0 Å². The molecule has 5 nitrogen and oxygen atoms in total. The van der Waals surface area contributed by atoms with E-state index in [1.54, 1.807) is 12.3 Å². The van der Waals surface area contributed by atoms with Crippen LogP contribution < -0.4 is 10.7 Å². The number of hydrazone groups is 1. The van der Waals surface area contributed by atoms with E-state index in [1.807, 2.05) is 38.1 Å². The van der Waals surface area contributed by atoms with Crippen LogP contribution in [0.4, 0.5) is 0 Å². The van der Waals surface area contributed by atoms with Gasteiger partial charge in [0.1, 0.15) is 6.04 Å². The Morgan fingerprint density at radius 2 is 1.62 bits per heavy atom. The van der Waals surface area contributed by atoms with E-state index in [0.717, 1.165) is 5.56 Å². The molecule has 1 atom stereocenters. The van der Waals surface area contributed by atoms with Gasteiger partial charge in [0.25, 0.3) is 11.8 Å². The van der Waals surface area contributed by atoms with Crippen molar-refractivity contribution in [2.75, 3.05) is 0 Å². The number of halogens is 2. The number of benzene rings is 2. The molecule has 0 aliphatic carbocycles. The molecule has 0 aromatic heterocycles. The van der Waals surface area contributed by atoms with Crippen LogP contribution in [0.2, 0.25) is 10.0 Å². The first-order valence-corrected chi connectivity index (χ1v) is 10.1. The Balaban J connectivity index is 2.01. The minimum Gasteiger partial charge on any atom is -0.340 e. The molecule has 1 unspecified atom stereocenters. The molecule has 7 heteroatoms. The van der Waals surface area contributed by atoms with Gasteiger partial charge in [-0.05, 0) is 41.2 Å². The number of nitrogens with one attached hydrogen (secondary N) is 2. The molecule has 2 rings (SSSR count). The van der Waals surface area contributed by atoms with Crippen LogP contribution in [0.5, 0.6) is 0 Å². The first kappa shape index (κ1) is 22.9. The third kappa shape index (κ3) is 6.58. The van der Waals surface area contributed by atoms with Crippen LogP contribution in [-0.4, -0.2) is 24.1 Å². The molecular weight excluding hydrogens is 409 g/mol. The van der Waals surface area contributed by atoms with Crippen molar-refractivity contribution in [3.8, 4) is 0 Å². The topological polar surface area (TPSA) is 70.6 Å². The summed E-state index contributed by atoms with van der Waals surface area (Å²) in [7, 11) is 0. The van der Waals surface area contributed by atoms with E-state index in [-0.39, 0.29) is 10.9 Å². The SMILES string of the molecule is CC(C)c1ccc(/C=N/NC(=O)C(NC(=O)c2ccc(Cl)c(Cl)c2)C(C)C)cc1. The van der Waals surface area contributed by atoms with Gasteiger partial charge in [0, 0.05) is 5.56 Å². The summed E-state index contributed by atoms with van der Waals surface area (Å²) < 4.78 is 0. The monoisotopic (exact) mass is 433 g/mol. The van der Waals surface area contributed by atoms with Gasteiger partial charge in [-0.3, -0.25) is 9.59 Å². The minimum atomic E-state index is -0.752. The van der Waals surface area contributed by atoms with Crippen LogP contribution in [0.15, 0.2) is 47.6 Å². The highest BCUT2D eigenvalue weighted by molar-refractivity contribution is 6.42. The highest BCUT2D eigenvalue weighted by Crippen LogP contribution is 2.22. The average Bonchev–Trinajstić information content (AvgIpc) is 2.68. The quantitative estimate of drug-likeness (QED) is 0.475. The fraction of sp³-hybridized carbons (Fsp3) is 0.318. The second kappa shape index (κ2) is 10.4. The Labute approximate surface area is 181 Å². The van der Waals surface area contributed by atoms with Crippen LogP contribution in [0.1, 0.15) is 55.1 Å². The largest absolute Gasteiger partial charge is 0.340 e. The second-order valence-electron chi connectivity index (χ2n) is 7.38. The summed E-state index contributed by atoms with van der Waals surface area (Å²) >= 11 is 11.8. The first-order chi connectivity index (χ1) is 13.7. The van der Waals surface area contributed by atoms with Crippen LogP contribution in [0.3, 0.4) is 0 Å². The summed E-state index contributed by atoms with van der Waals surface area (Å²) in [5.74, 6) is -0.497. The van der Waals surface area contributed by atoms with Crippen LogP contribution in [0, 0.1) is 5.92 Å². The summed E-state index contributed by atoms with van der Waals surface area (Å²) in [6, 6.07) is 11.7. The third-order valence-electron chi connectivity index (χ3n) is 4.41. The number of nitrogens with zero attached hydrogens (tertiary/aromatic N) is 1. The van der Waals surface area contributed by atoms with Crippen molar-refractivity contribution in [3.63, 3.8) is 0 Å². The number of carbonyl (C=O) groups excluding carboxylic acids is 2. The van der Waals surface area contributed by atoms with E-state index in [9.17, 15) is 9.59 Å². The maximum absolute atomic E-state index is 12.5. The van der Waals surface area contributed by atoms with Gasteiger partial charge in [-0.25, -0.2) is 5.43 Å². The molecule has 0 saturated carbocycles. The molecule has 2 aromatic carbocycles.